The van der Waals surface area contributed by atoms with Crippen LogP contribution in [0.1, 0.15) is 51.0 Å². The molecule has 0 unspecified atom stereocenters. The van der Waals surface area contributed by atoms with E-state index in [1.54, 1.807) is 6.33 Å². The molecule has 0 aliphatic heterocycles. The van der Waals surface area contributed by atoms with E-state index < -0.39 is 0 Å². The van der Waals surface area contributed by atoms with E-state index in [9.17, 15) is 0 Å². The van der Waals surface area contributed by atoms with Gasteiger partial charge in [0.05, 0.1) is 17.4 Å². The van der Waals surface area contributed by atoms with Gasteiger partial charge in [-0.2, -0.15) is 0 Å². The van der Waals surface area contributed by atoms with Crippen LogP contribution in [-0.4, -0.2) is 9.97 Å². The molecule has 1 heterocycles. The van der Waals surface area contributed by atoms with Crippen LogP contribution in [0.15, 0.2) is 24.5 Å². The highest BCUT2D eigenvalue weighted by Gasteiger charge is 2.13. The summed E-state index contributed by atoms with van der Waals surface area (Å²) in [5.41, 5.74) is 3.74. The first-order chi connectivity index (χ1) is 7.86. The van der Waals surface area contributed by atoms with Gasteiger partial charge in [0.1, 0.15) is 0 Å². The van der Waals surface area contributed by atoms with Gasteiger partial charge < -0.3 is 4.98 Å². The summed E-state index contributed by atoms with van der Waals surface area (Å²) in [6, 6.07) is 6.47. The molecule has 0 atom stereocenters. The molecule has 0 bridgehead atoms. The summed E-state index contributed by atoms with van der Waals surface area (Å²) >= 11 is 0. The summed E-state index contributed by atoms with van der Waals surface area (Å²) < 4.78 is 0. The molecular formula is C14H20N2. The Morgan fingerprint density at radius 3 is 2.62 bits per heavy atom. The zero-order valence-corrected chi connectivity index (χ0v) is 10.2. The molecule has 0 spiro atoms. The first-order valence-corrected chi connectivity index (χ1v) is 6.28. The predicted octanol–water partition coefficient (Wildman–Crippen LogP) is 4.25. The molecule has 0 aliphatic carbocycles. The second-order valence-corrected chi connectivity index (χ2v) is 4.42. The van der Waals surface area contributed by atoms with E-state index in [2.05, 4.69) is 42.0 Å². The lowest BCUT2D eigenvalue weighted by Gasteiger charge is -2.16. The quantitative estimate of drug-likeness (QED) is 0.795. The van der Waals surface area contributed by atoms with Crippen LogP contribution in [0.4, 0.5) is 0 Å². The van der Waals surface area contributed by atoms with Crippen molar-refractivity contribution in [1.29, 1.82) is 0 Å². The summed E-state index contributed by atoms with van der Waals surface area (Å²) in [7, 11) is 0. The molecule has 0 aliphatic rings. The highest BCUT2D eigenvalue weighted by molar-refractivity contribution is 5.78. The van der Waals surface area contributed by atoms with E-state index >= 15 is 0 Å². The molecule has 0 saturated heterocycles. The number of hydrogen-bond acceptors (Lipinski definition) is 1. The van der Waals surface area contributed by atoms with Gasteiger partial charge in [0.25, 0.3) is 0 Å². The zero-order valence-electron chi connectivity index (χ0n) is 10.2. The van der Waals surface area contributed by atoms with Crippen LogP contribution in [0.25, 0.3) is 11.0 Å². The third kappa shape index (κ3) is 2.11. The smallest absolute Gasteiger partial charge is 0.0931 e. The van der Waals surface area contributed by atoms with Crippen LogP contribution in [0.5, 0.6) is 0 Å². The SMILES string of the molecule is CCCC(CCC)c1cccc2[nH]cnc12. The number of para-hydroxylation sites is 1. The molecule has 1 N–H and O–H groups in total. The zero-order chi connectivity index (χ0) is 11.4. The molecule has 2 nitrogen and oxygen atoms in total. The van der Waals surface area contributed by atoms with E-state index in [0.717, 1.165) is 11.0 Å². The van der Waals surface area contributed by atoms with Gasteiger partial charge >= 0.3 is 0 Å². The van der Waals surface area contributed by atoms with E-state index in [4.69, 9.17) is 0 Å². The molecule has 2 rings (SSSR count). The third-order valence-corrected chi connectivity index (χ3v) is 3.20. The standard InChI is InChI=1S/C14H20N2/c1-3-6-11(7-4-2)12-8-5-9-13-14(12)16-10-15-13/h5,8-11H,3-4,6-7H2,1-2H3,(H,15,16). The van der Waals surface area contributed by atoms with Crippen molar-refractivity contribution in [2.24, 2.45) is 0 Å². The Kier molecular flexibility index (Phi) is 3.60. The second kappa shape index (κ2) is 5.15. The van der Waals surface area contributed by atoms with Crippen LogP contribution in [0.2, 0.25) is 0 Å². The topological polar surface area (TPSA) is 28.7 Å². The number of H-pyrrole nitrogens is 1. The van der Waals surface area contributed by atoms with Crippen molar-refractivity contribution in [2.45, 2.75) is 45.4 Å². The average molecular weight is 216 g/mol. The number of fused-ring (bicyclic) bond motifs is 1. The number of nitrogens with zero attached hydrogens (tertiary/aromatic N) is 1. The number of imidazole rings is 1. The number of benzene rings is 1. The average Bonchev–Trinajstić information content (AvgIpc) is 2.76. The third-order valence-electron chi connectivity index (χ3n) is 3.20. The van der Waals surface area contributed by atoms with Gasteiger partial charge in [0, 0.05) is 0 Å². The van der Waals surface area contributed by atoms with Crippen molar-refractivity contribution in [1.82, 2.24) is 9.97 Å². The fraction of sp³-hybridized carbons (Fsp3) is 0.500. The molecule has 0 radical (unpaired) electrons. The first kappa shape index (κ1) is 11.2. The van der Waals surface area contributed by atoms with Gasteiger partial charge in [0.2, 0.25) is 0 Å². The summed E-state index contributed by atoms with van der Waals surface area (Å²) in [6.07, 6.45) is 6.81. The number of aromatic nitrogens is 2. The van der Waals surface area contributed by atoms with E-state index in [1.165, 1.54) is 31.2 Å². The lowest BCUT2D eigenvalue weighted by Crippen LogP contribution is -1.99. The van der Waals surface area contributed by atoms with Crippen molar-refractivity contribution in [2.75, 3.05) is 0 Å². The Morgan fingerprint density at radius 1 is 1.19 bits per heavy atom. The van der Waals surface area contributed by atoms with E-state index in [0.29, 0.717) is 5.92 Å². The largest absolute Gasteiger partial charge is 0.345 e. The van der Waals surface area contributed by atoms with Crippen molar-refractivity contribution in [3.63, 3.8) is 0 Å². The minimum Gasteiger partial charge on any atom is -0.345 e. The first-order valence-electron chi connectivity index (χ1n) is 6.28. The lowest BCUT2D eigenvalue weighted by atomic mass is 9.89. The molecular weight excluding hydrogens is 196 g/mol. The van der Waals surface area contributed by atoms with Crippen molar-refractivity contribution >= 4 is 11.0 Å². The molecule has 86 valence electrons. The van der Waals surface area contributed by atoms with Gasteiger partial charge in [-0.25, -0.2) is 4.98 Å². The molecule has 2 heteroatoms. The number of hydrogen-bond donors (Lipinski definition) is 1. The minimum atomic E-state index is 0.669. The summed E-state index contributed by atoms with van der Waals surface area (Å²) in [5.74, 6) is 0.669. The lowest BCUT2D eigenvalue weighted by molar-refractivity contribution is 0.563. The molecule has 2 aromatic rings. The maximum atomic E-state index is 4.45. The minimum absolute atomic E-state index is 0.669. The summed E-state index contributed by atoms with van der Waals surface area (Å²) in [4.78, 5) is 7.64. The monoisotopic (exact) mass is 216 g/mol. The number of nitrogens with one attached hydrogen (secondary N) is 1. The highest BCUT2D eigenvalue weighted by Crippen LogP contribution is 2.30. The van der Waals surface area contributed by atoms with Crippen LogP contribution >= 0.6 is 0 Å². The van der Waals surface area contributed by atoms with Gasteiger partial charge in [-0.05, 0) is 30.4 Å². The molecule has 1 aromatic heterocycles. The predicted molar refractivity (Wildman–Crippen MR) is 68.7 cm³/mol. The normalized spacial score (nSPS) is 11.4. The molecule has 0 saturated carbocycles. The number of rotatable bonds is 5. The molecule has 16 heavy (non-hydrogen) atoms. The van der Waals surface area contributed by atoms with E-state index in [-0.39, 0.29) is 0 Å². The van der Waals surface area contributed by atoms with Gasteiger partial charge in [-0.1, -0.05) is 38.8 Å². The van der Waals surface area contributed by atoms with Crippen LogP contribution in [0.3, 0.4) is 0 Å². The Hall–Kier alpha value is -1.31. The second-order valence-electron chi connectivity index (χ2n) is 4.42. The van der Waals surface area contributed by atoms with E-state index in [1.807, 2.05) is 0 Å². The number of aromatic amines is 1. The van der Waals surface area contributed by atoms with Crippen LogP contribution in [-0.2, 0) is 0 Å². The Bertz CT molecular complexity index is 439. The van der Waals surface area contributed by atoms with Gasteiger partial charge in [-0.15, -0.1) is 0 Å². The highest BCUT2D eigenvalue weighted by atomic mass is 14.9. The summed E-state index contributed by atoms with van der Waals surface area (Å²) in [5, 5.41) is 0. The molecule has 0 amide bonds. The van der Waals surface area contributed by atoms with Crippen molar-refractivity contribution in [3.05, 3.63) is 30.1 Å². The van der Waals surface area contributed by atoms with Crippen LogP contribution in [0, 0.1) is 0 Å². The Morgan fingerprint density at radius 2 is 1.94 bits per heavy atom. The fourth-order valence-electron chi connectivity index (χ4n) is 2.47. The maximum Gasteiger partial charge on any atom is 0.0931 e. The van der Waals surface area contributed by atoms with Gasteiger partial charge in [0.15, 0.2) is 0 Å². The molecule has 0 fully saturated rings. The maximum absolute atomic E-state index is 4.45. The van der Waals surface area contributed by atoms with Crippen molar-refractivity contribution in [3.8, 4) is 0 Å². The van der Waals surface area contributed by atoms with Crippen LogP contribution < -0.4 is 0 Å². The Labute approximate surface area is 97.1 Å². The fourth-order valence-corrected chi connectivity index (χ4v) is 2.47. The Balaban J connectivity index is 2.38. The van der Waals surface area contributed by atoms with Gasteiger partial charge in [-0.3, -0.25) is 0 Å². The molecule has 1 aromatic carbocycles. The van der Waals surface area contributed by atoms with Crippen molar-refractivity contribution < 1.29 is 0 Å². The summed E-state index contributed by atoms with van der Waals surface area (Å²) in [6.45, 7) is 4.51.